The number of hydrogen-bond donors (Lipinski definition) is 0. The van der Waals surface area contributed by atoms with E-state index in [4.69, 9.17) is 9.47 Å². The Hall–Kier alpha value is -2.95. The van der Waals surface area contributed by atoms with Crippen molar-refractivity contribution in [3.05, 3.63) is 71.8 Å². The monoisotopic (exact) mass is 518 g/mol. The summed E-state index contributed by atoms with van der Waals surface area (Å²) in [5, 5.41) is 0. The van der Waals surface area contributed by atoms with E-state index >= 15 is 0 Å². The molecule has 2 aromatic carbocycles. The Morgan fingerprint density at radius 2 is 1.34 bits per heavy atom. The lowest BCUT2D eigenvalue weighted by molar-refractivity contribution is -0.144. The number of cyclic esters (lactones) is 2. The lowest BCUT2D eigenvalue weighted by atomic mass is 9.68. The van der Waals surface area contributed by atoms with Crippen molar-refractivity contribution in [3.8, 4) is 0 Å². The van der Waals surface area contributed by atoms with E-state index in [2.05, 4.69) is 38.1 Å². The first-order chi connectivity index (χ1) is 18.3. The molecule has 0 saturated carbocycles. The third-order valence-electron chi connectivity index (χ3n) is 9.02. The molecule has 5 nitrogen and oxygen atoms in total. The molecule has 4 rings (SSSR count). The Kier molecular flexibility index (Phi) is 9.40. The van der Waals surface area contributed by atoms with Gasteiger partial charge in [0.2, 0.25) is 0 Å². The summed E-state index contributed by atoms with van der Waals surface area (Å²) in [4.78, 5) is 36.3. The van der Waals surface area contributed by atoms with Crippen LogP contribution in [-0.2, 0) is 34.7 Å². The van der Waals surface area contributed by atoms with Crippen LogP contribution in [0.25, 0.3) is 0 Å². The number of ketones is 1. The van der Waals surface area contributed by atoms with Crippen molar-refractivity contribution in [2.75, 3.05) is 6.61 Å². The number of Topliss-reactive ketones (excluding diaryl/α,β-unsaturated/α-hetero) is 1. The number of hydrogen-bond acceptors (Lipinski definition) is 5. The van der Waals surface area contributed by atoms with Crippen LogP contribution >= 0.6 is 0 Å². The van der Waals surface area contributed by atoms with Crippen molar-refractivity contribution in [1.82, 2.24) is 0 Å². The molecule has 2 aromatic rings. The van der Waals surface area contributed by atoms with Gasteiger partial charge in [-0.2, -0.15) is 0 Å². The van der Waals surface area contributed by atoms with Crippen LogP contribution in [0, 0.1) is 5.92 Å². The number of carbonyl (C=O) groups is 3. The summed E-state index contributed by atoms with van der Waals surface area (Å²) < 4.78 is 11.0. The van der Waals surface area contributed by atoms with Crippen LogP contribution in [0.5, 0.6) is 0 Å². The largest absolute Gasteiger partial charge is 0.465 e. The van der Waals surface area contributed by atoms with E-state index in [1.807, 2.05) is 36.4 Å². The lowest BCUT2D eigenvalue weighted by Gasteiger charge is -2.35. The SMILES string of the molecule is CC(CCCCC(=O)CCCCC(C)(c1ccccc1)C1CCC(=O)O1)(c1ccccc1)C1COC(=O)C1. The highest BCUT2D eigenvalue weighted by molar-refractivity contribution is 5.78. The van der Waals surface area contributed by atoms with E-state index in [0.29, 0.717) is 38.1 Å². The van der Waals surface area contributed by atoms with Gasteiger partial charge < -0.3 is 9.47 Å². The number of benzene rings is 2. The molecular formula is C33H42O5. The highest BCUT2D eigenvalue weighted by Gasteiger charge is 2.42. The molecule has 2 fully saturated rings. The van der Waals surface area contributed by atoms with Crippen LogP contribution in [0.4, 0.5) is 0 Å². The van der Waals surface area contributed by atoms with Gasteiger partial charge in [-0.15, -0.1) is 0 Å². The Labute approximate surface area is 227 Å². The van der Waals surface area contributed by atoms with Crippen molar-refractivity contribution in [2.24, 2.45) is 5.92 Å². The maximum absolute atomic E-state index is 12.7. The summed E-state index contributed by atoms with van der Waals surface area (Å²) in [7, 11) is 0. The number of ether oxygens (including phenoxy) is 2. The number of unbranched alkanes of at least 4 members (excludes halogenated alkanes) is 2. The van der Waals surface area contributed by atoms with Crippen LogP contribution in [0.2, 0.25) is 0 Å². The molecule has 4 atom stereocenters. The Morgan fingerprint density at radius 3 is 1.84 bits per heavy atom. The van der Waals surface area contributed by atoms with Crippen molar-refractivity contribution < 1.29 is 23.9 Å². The molecule has 0 N–H and O–H groups in total. The molecule has 0 aromatic heterocycles. The highest BCUT2D eigenvalue weighted by Crippen LogP contribution is 2.42. The van der Waals surface area contributed by atoms with Crippen LogP contribution in [0.3, 0.4) is 0 Å². The summed E-state index contributed by atoms with van der Waals surface area (Å²) in [6, 6.07) is 20.7. The highest BCUT2D eigenvalue weighted by atomic mass is 16.6. The molecular weight excluding hydrogens is 476 g/mol. The first-order valence-corrected chi connectivity index (χ1v) is 14.3. The van der Waals surface area contributed by atoms with E-state index in [1.165, 1.54) is 11.1 Å². The molecule has 0 aliphatic carbocycles. The molecule has 4 unspecified atom stereocenters. The van der Waals surface area contributed by atoms with Gasteiger partial charge in [0, 0.05) is 30.6 Å². The summed E-state index contributed by atoms with van der Waals surface area (Å²) in [5.41, 5.74) is 2.07. The van der Waals surface area contributed by atoms with E-state index in [0.717, 1.165) is 44.9 Å². The Balaban J connectivity index is 1.23. The molecule has 2 saturated heterocycles. The van der Waals surface area contributed by atoms with Crippen molar-refractivity contribution >= 4 is 17.7 Å². The van der Waals surface area contributed by atoms with Crippen LogP contribution in [-0.4, -0.2) is 30.4 Å². The fraction of sp³-hybridized carbons (Fsp3) is 0.545. The molecule has 2 heterocycles. The Bertz CT molecular complexity index is 996. The maximum Gasteiger partial charge on any atom is 0.306 e. The van der Waals surface area contributed by atoms with Gasteiger partial charge in [0.15, 0.2) is 0 Å². The molecule has 0 radical (unpaired) electrons. The second-order valence-electron chi connectivity index (χ2n) is 11.6. The fourth-order valence-corrected chi connectivity index (χ4v) is 6.36. The molecule has 0 spiro atoms. The lowest BCUT2D eigenvalue weighted by Crippen LogP contribution is -2.36. The van der Waals surface area contributed by atoms with E-state index in [9.17, 15) is 14.4 Å². The zero-order valence-electron chi connectivity index (χ0n) is 23.0. The molecule has 0 bridgehead atoms. The zero-order chi connectivity index (χ0) is 27.0. The van der Waals surface area contributed by atoms with Crippen molar-refractivity contribution in [1.29, 1.82) is 0 Å². The number of carbonyl (C=O) groups excluding carboxylic acids is 3. The normalized spacial score (nSPS) is 22.4. The first-order valence-electron chi connectivity index (χ1n) is 14.3. The van der Waals surface area contributed by atoms with Gasteiger partial charge >= 0.3 is 11.9 Å². The molecule has 2 aliphatic rings. The standard InChI is InChI=1S/C33H42O5/c1-32(25-13-5-3-6-14-25,27-23-31(36)37-24-27)21-11-9-17-28(34)18-10-12-22-33(2,26-15-7-4-8-16-26)29-19-20-30(35)38-29/h3-8,13-16,27,29H,9-12,17-24H2,1-2H3. The molecule has 5 heteroatoms. The quantitative estimate of drug-likeness (QED) is 0.202. The minimum absolute atomic E-state index is 0.104. The predicted molar refractivity (Wildman–Crippen MR) is 148 cm³/mol. The zero-order valence-corrected chi connectivity index (χ0v) is 23.0. The fourth-order valence-electron chi connectivity index (χ4n) is 6.36. The van der Waals surface area contributed by atoms with E-state index < -0.39 is 0 Å². The van der Waals surface area contributed by atoms with Gasteiger partial charge in [0.1, 0.15) is 11.9 Å². The minimum Gasteiger partial charge on any atom is -0.465 e. The number of rotatable bonds is 14. The summed E-state index contributed by atoms with van der Waals surface area (Å²) >= 11 is 0. The van der Waals surface area contributed by atoms with Gasteiger partial charge in [0.05, 0.1) is 13.0 Å². The summed E-state index contributed by atoms with van der Waals surface area (Å²) in [6.45, 7) is 4.91. The Morgan fingerprint density at radius 1 is 0.789 bits per heavy atom. The number of esters is 2. The third-order valence-corrected chi connectivity index (χ3v) is 9.02. The van der Waals surface area contributed by atoms with Crippen LogP contribution in [0.1, 0.15) is 95.6 Å². The predicted octanol–water partition coefficient (Wildman–Crippen LogP) is 6.86. The van der Waals surface area contributed by atoms with Crippen LogP contribution < -0.4 is 0 Å². The third kappa shape index (κ3) is 6.73. The maximum atomic E-state index is 12.7. The molecule has 0 amide bonds. The topological polar surface area (TPSA) is 69.7 Å². The van der Waals surface area contributed by atoms with Crippen molar-refractivity contribution in [2.45, 2.75) is 101 Å². The second kappa shape index (κ2) is 12.7. The van der Waals surface area contributed by atoms with Gasteiger partial charge in [-0.3, -0.25) is 14.4 Å². The van der Waals surface area contributed by atoms with Gasteiger partial charge in [-0.25, -0.2) is 0 Å². The average Bonchev–Trinajstić information content (AvgIpc) is 3.58. The molecule has 2 aliphatic heterocycles. The van der Waals surface area contributed by atoms with Crippen LogP contribution in [0.15, 0.2) is 60.7 Å². The smallest absolute Gasteiger partial charge is 0.306 e. The first kappa shape index (κ1) is 28.1. The molecule has 38 heavy (non-hydrogen) atoms. The van der Waals surface area contributed by atoms with E-state index in [1.54, 1.807) is 0 Å². The van der Waals surface area contributed by atoms with Crippen molar-refractivity contribution in [3.63, 3.8) is 0 Å². The summed E-state index contributed by atoms with van der Waals surface area (Å²) in [5.74, 6) is 0.273. The van der Waals surface area contributed by atoms with Gasteiger partial charge in [0.25, 0.3) is 0 Å². The average molecular weight is 519 g/mol. The summed E-state index contributed by atoms with van der Waals surface area (Å²) in [6.07, 6.45) is 8.20. The van der Waals surface area contributed by atoms with E-state index in [-0.39, 0.29) is 34.8 Å². The minimum atomic E-state index is -0.232. The van der Waals surface area contributed by atoms with Gasteiger partial charge in [-0.1, -0.05) is 87.4 Å². The van der Waals surface area contributed by atoms with Gasteiger partial charge in [-0.05, 0) is 48.6 Å². The molecule has 204 valence electrons. The second-order valence-corrected chi connectivity index (χ2v) is 11.6.